The molecule has 0 saturated carbocycles. The van der Waals surface area contributed by atoms with Crippen molar-refractivity contribution in [3.63, 3.8) is 0 Å². The second kappa shape index (κ2) is 7.82. The molecule has 2 aromatic carbocycles. The van der Waals surface area contributed by atoms with Gasteiger partial charge in [0.2, 0.25) is 0 Å². The zero-order valence-electron chi connectivity index (χ0n) is 12.8. The lowest BCUT2D eigenvalue weighted by Crippen LogP contribution is -2.24. The Morgan fingerprint density at radius 2 is 1.68 bits per heavy atom. The summed E-state index contributed by atoms with van der Waals surface area (Å²) in [5.74, 6) is 0.864. The minimum absolute atomic E-state index is 0.561. The van der Waals surface area contributed by atoms with Gasteiger partial charge in [-0.2, -0.15) is 0 Å². The van der Waals surface area contributed by atoms with Crippen LogP contribution in [-0.2, 0) is 4.74 Å². The Kier molecular flexibility index (Phi) is 5.54. The SMILES string of the molecule is Clc1ccc(OCCOCCN2CCCC2)c2ccccc12. The maximum atomic E-state index is 6.21. The van der Waals surface area contributed by atoms with Gasteiger partial charge in [0.15, 0.2) is 0 Å². The molecule has 0 N–H and O–H groups in total. The molecule has 0 spiro atoms. The van der Waals surface area contributed by atoms with Gasteiger partial charge in [-0.1, -0.05) is 35.9 Å². The van der Waals surface area contributed by atoms with Crippen molar-refractivity contribution in [3.05, 3.63) is 41.4 Å². The number of hydrogen-bond acceptors (Lipinski definition) is 3. The van der Waals surface area contributed by atoms with Gasteiger partial charge in [-0.15, -0.1) is 0 Å². The van der Waals surface area contributed by atoms with Crippen LogP contribution in [0.3, 0.4) is 0 Å². The molecule has 1 aliphatic rings. The smallest absolute Gasteiger partial charge is 0.127 e. The Morgan fingerprint density at radius 3 is 2.50 bits per heavy atom. The van der Waals surface area contributed by atoms with E-state index in [-0.39, 0.29) is 0 Å². The molecular weight excluding hydrogens is 298 g/mol. The molecule has 1 heterocycles. The number of nitrogens with zero attached hydrogens (tertiary/aromatic N) is 1. The number of ether oxygens (including phenoxy) is 2. The van der Waals surface area contributed by atoms with Gasteiger partial charge in [0.1, 0.15) is 12.4 Å². The molecule has 0 amide bonds. The van der Waals surface area contributed by atoms with E-state index in [0.29, 0.717) is 13.2 Å². The Labute approximate surface area is 136 Å². The van der Waals surface area contributed by atoms with Crippen molar-refractivity contribution in [3.8, 4) is 5.75 Å². The summed E-state index contributed by atoms with van der Waals surface area (Å²) in [5.41, 5.74) is 0. The second-order valence-corrected chi connectivity index (χ2v) is 6.01. The lowest BCUT2D eigenvalue weighted by molar-refractivity contribution is 0.0850. The molecule has 0 atom stereocenters. The van der Waals surface area contributed by atoms with E-state index in [1.54, 1.807) is 0 Å². The van der Waals surface area contributed by atoms with Gasteiger partial charge in [0.25, 0.3) is 0 Å². The Hall–Kier alpha value is -1.29. The molecule has 22 heavy (non-hydrogen) atoms. The molecule has 1 fully saturated rings. The fourth-order valence-electron chi connectivity index (χ4n) is 2.87. The standard InChI is InChI=1S/C18H22ClNO2/c19-17-7-8-18(16-6-2-1-5-15(16)17)22-14-13-21-12-11-20-9-3-4-10-20/h1-2,5-8H,3-4,9-14H2. The van der Waals surface area contributed by atoms with Crippen LogP contribution in [-0.4, -0.2) is 44.4 Å². The molecule has 1 saturated heterocycles. The largest absolute Gasteiger partial charge is 0.491 e. The van der Waals surface area contributed by atoms with Crippen molar-refractivity contribution in [2.24, 2.45) is 0 Å². The molecule has 118 valence electrons. The highest BCUT2D eigenvalue weighted by molar-refractivity contribution is 6.35. The van der Waals surface area contributed by atoms with E-state index in [0.717, 1.165) is 34.7 Å². The molecule has 0 bridgehead atoms. The van der Waals surface area contributed by atoms with Crippen molar-refractivity contribution < 1.29 is 9.47 Å². The number of likely N-dealkylation sites (tertiary alicyclic amines) is 1. The Balaban J connectivity index is 1.44. The average Bonchev–Trinajstić information content (AvgIpc) is 3.06. The lowest BCUT2D eigenvalue weighted by Gasteiger charge is -2.14. The van der Waals surface area contributed by atoms with E-state index in [2.05, 4.69) is 4.90 Å². The fraction of sp³-hybridized carbons (Fsp3) is 0.444. The maximum Gasteiger partial charge on any atom is 0.127 e. The van der Waals surface area contributed by atoms with Crippen LogP contribution in [0.5, 0.6) is 5.75 Å². The van der Waals surface area contributed by atoms with E-state index in [9.17, 15) is 0 Å². The van der Waals surface area contributed by atoms with Crippen LogP contribution in [0.2, 0.25) is 5.02 Å². The summed E-state index contributed by atoms with van der Waals surface area (Å²) in [4.78, 5) is 2.45. The first kappa shape index (κ1) is 15.6. The zero-order valence-corrected chi connectivity index (χ0v) is 13.5. The van der Waals surface area contributed by atoms with E-state index < -0.39 is 0 Å². The number of hydrogen-bond donors (Lipinski definition) is 0. The highest BCUT2D eigenvalue weighted by Crippen LogP contribution is 2.31. The third-order valence-electron chi connectivity index (χ3n) is 4.07. The number of fused-ring (bicyclic) bond motifs is 1. The van der Waals surface area contributed by atoms with Gasteiger partial charge in [-0.25, -0.2) is 0 Å². The van der Waals surface area contributed by atoms with Gasteiger partial charge in [0.05, 0.1) is 13.2 Å². The van der Waals surface area contributed by atoms with Crippen LogP contribution in [0.15, 0.2) is 36.4 Å². The summed E-state index contributed by atoms with van der Waals surface area (Å²) < 4.78 is 11.5. The Bertz CT molecular complexity index is 611. The second-order valence-electron chi connectivity index (χ2n) is 5.60. The molecule has 2 aromatic rings. The average molecular weight is 320 g/mol. The van der Waals surface area contributed by atoms with Gasteiger partial charge in [-0.05, 0) is 38.1 Å². The number of rotatable bonds is 7. The lowest BCUT2D eigenvalue weighted by atomic mass is 10.1. The maximum absolute atomic E-state index is 6.21. The summed E-state index contributed by atoms with van der Waals surface area (Å²) in [5, 5.41) is 2.83. The summed E-state index contributed by atoms with van der Waals surface area (Å²) in [6, 6.07) is 11.8. The summed E-state index contributed by atoms with van der Waals surface area (Å²) in [6.45, 7) is 5.43. The van der Waals surface area contributed by atoms with Crippen LogP contribution < -0.4 is 4.74 Å². The number of benzene rings is 2. The molecule has 1 aliphatic heterocycles. The van der Waals surface area contributed by atoms with Crippen molar-refractivity contribution in [1.82, 2.24) is 4.90 Å². The normalized spacial score (nSPS) is 15.5. The third kappa shape index (κ3) is 3.92. The van der Waals surface area contributed by atoms with Gasteiger partial charge in [0, 0.05) is 22.3 Å². The highest BCUT2D eigenvalue weighted by atomic mass is 35.5. The van der Waals surface area contributed by atoms with Crippen molar-refractivity contribution >= 4 is 22.4 Å². The monoisotopic (exact) mass is 319 g/mol. The molecule has 3 rings (SSSR count). The quantitative estimate of drug-likeness (QED) is 0.720. The molecule has 0 radical (unpaired) electrons. The van der Waals surface area contributed by atoms with Crippen LogP contribution in [0.25, 0.3) is 10.8 Å². The molecule has 0 aliphatic carbocycles. The minimum Gasteiger partial charge on any atom is -0.491 e. The van der Waals surface area contributed by atoms with Crippen molar-refractivity contribution in [1.29, 1.82) is 0 Å². The number of halogens is 1. The summed E-state index contributed by atoms with van der Waals surface area (Å²) >= 11 is 6.21. The summed E-state index contributed by atoms with van der Waals surface area (Å²) in [6.07, 6.45) is 2.65. The van der Waals surface area contributed by atoms with Gasteiger partial charge in [-0.3, -0.25) is 0 Å². The molecule has 4 heteroatoms. The fourth-order valence-corrected chi connectivity index (χ4v) is 3.10. The van der Waals surface area contributed by atoms with Crippen LogP contribution in [0.4, 0.5) is 0 Å². The van der Waals surface area contributed by atoms with E-state index in [4.69, 9.17) is 21.1 Å². The summed E-state index contributed by atoms with van der Waals surface area (Å²) in [7, 11) is 0. The molecule has 3 nitrogen and oxygen atoms in total. The van der Waals surface area contributed by atoms with Crippen LogP contribution >= 0.6 is 11.6 Å². The molecule has 0 unspecified atom stereocenters. The first-order valence-corrected chi connectivity index (χ1v) is 8.32. The minimum atomic E-state index is 0.561. The third-order valence-corrected chi connectivity index (χ3v) is 4.40. The molecule has 0 aromatic heterocycles. The predicted molar refractivity (Wildman–Crippen MR) is 90.9 cm³/mol. The first-order chi connectivity index (χ1) is 10.8. The van der Waals surface area contributed by atoms with Crippen LogP contribution in [0.1, 0.15) is 12.8 Å². The molecular formula is C18H22ClNO2. The first-order valence-electron chi connectivity index (χ1n) is 7.95. The Morgan fingerprint density at radius 1 is 0.909 bits per heavy atom. The van der Waals surface area contributed by atoms with Crippen molar-refractivity contribution in [2.45, 2.75) is 12.8 Å². The zero-order chi connectivity index (χ0) is 15.2. The van der Waals surface area contributed by atoms with Gasteiger partial charge < -0.3 is 14.4 Å². The predicted octanol–water partition coefficient (Wildman–Crippen LogP) is 3.98. The van der Waals surface area contributed by atoms with Crippen LogP contribution in [0, 0.1) is 0 Å². The topological polar surface area (TPSA) is 21.7 Å². The van der Waals surface area contributed by atoms with Crippen molar-refractivity contribution in [2.75, 3.05) is 39.5 Å². The van der Waals surface area contributed by atoms with Gasteiger partial charge >= 0.3 is 0 Å². The highest BCUT2D eigenvalue weighted by Gasteiger charge is 2.10. The van der Waals surface area contributed by atoms with E-state index in [1.165, 1.54) is 25.9 Å². The van der Waals surface area contributed by atoms with E-state index in [1.807, 2.05) is 36.4 Å². The van der Waals surface area contributed by atoms with E-state index >= 15 is 0 Å².